The van der Waals surface area contributed by atoms with Gasteiger partial charge in [-0.2, -0.15) is 0 Å². The minimum atomic E-state index is -0.535. The molecule has 0 saturated carbocycles. The number of hydrogen-bond acceptors (Lipinski definition) is 8. The third-order valence-electron chi connectivity index (χ3n) is 6.42. The molecule has 0 aromatic carbocycles. The van der Waals surface area contributed by atoms with Crippen LogP contribution in [0.4, 0.5) is 5.82 Å². The van der Waals surface area contributed by atoms with Crippen LogP contribution in [0.3, 0.4) is 0 Å². The molecule has 190 valence electrons. The molecule has 0 radical (unpaired) electrons. The molecule has 4 aromatic heterocycles. The van der Waals surface area contributed by atoms with Crippen molar-refractivity contribution in [3.8, 4) is 11.3 Å². The van der Waals surface area contributed by atoms with Crippen LogP contribution >= 0.6 is 0 Å². The van der Waals surface area contributed by atoms with Gasteiger partial charge in [-0.25, -0.2) is 14.8 Å². The number of rotatable bonds is 5. The summed E-state index contributed by atoms with van der Waals surface area (Å²) in [4.78, 5) is 66.9. The largest absolute Gasteiger partial charge is 0.375 e. The second-order valence-corrected chi connectivity index (χ2v) is 8.87. The van der Waals surface area contributed by atoms with Crippen LogP contribution in [-0.2, 0) is 14.3 Å². The first-order valence-corrected chi connectivity index (χ1v) is 11.8. The van der Waals surface area contributed by atoms with Crippen molar-refractivity contribution in [1.29, 1.82) is 0 Å². The number of H-pyrrole nitrogens is 1. The summed E-state index contributed by atoms with van der Waals surface area (Å²) in [7, 11) is 1.48. The van der Waals surface area contributed by atoms with Crippen LogP contribution in [0.2, 0.25) is 0 Å². The van der Waals surface area contributed by atoms with Gasteiger partial charge in [0.05, 0.1) is 22.1 Å². The van der Waals surface area contributed by atoms with Crippen LogP contribution in [-0.4, -0.2) is 68.0 Å². The Labute approximate surface area is 210 Å². The molecule has 0 bridgehead atoms. The van der Waals surface area contributed by atoms with Gasteiger partial charge in [0.15, 0.2) is 0 Å². The molecule has 1 fully saturated rings. The maximum absolute atomic E-state index is 13.1. The van der Waals surface area contributed by atoms with E-state index in [2.05, 4.69) is 20.3 Å². The molecule has 37 heavy (non-hydrogen) atoms. The Kier molecular flexibility index (Phi) is 6.49. The second kappa shape index (κ2) is 9.90. The van der Waals surface area contributed by atoms with E-state index in [1.54, 1.807) is 39.9 Å². The molecule has 0 atom stereocenters. The minimum Gasteiger partial charge on any atom is -0.375 e. The lowest BCUT2D eigenvalue weighted by atomic mass is 10.0. The van der Waals surface area contributed by atoms with Crippen molar-refractivity contribution in [2.75, 3.05) is 32.1 Å². The summed E-state index contributed by atoms with van der Waals surface area (Å²) in [5, 5.41) is 2.88. The number of piperidine rings is 1. The molecule has 0 spiro atoms. The van der Waals surface area contributed by atoms with Crippen LogP contribution in [0.5, 0.6) is 0 Å². The number of carbonyl (C=O) groups excluding carboxylic acids is 2. The number of pyridine rings is 3. The number of hydrogen-bond donors (Lipinski definition) is 2. The molecule has 1 aliphatic rings. The molecule has 12 nitrogen and oxygen atoms in total. The molecule has 4 aromatic rings. The summed E-state index contributed by atoms with van der Waals surface area (Å²) in [5.41, 5.74) is 1.56. The Morgan fingerprint density at radius 1 is 1.11 bits per heavy atom. The highest BCUT2D eigenvalue weighted by molar-refractivity contribution is 6.01. The summed E-state index contributed by atoms with van der Waals surface area (Å²) in [6.45, 7) is 2.35. The number of anilines is 1. The number of methoxy groups -OCH3 is 1. The van der Waals surface area contributed by atoms with Crippen LogP contribution in [0.15, 0.2) is 46.2 Å². The van der Waals surface area contributed by atoms with Gasteiger partial charge in [0.25, 0.3) is 5.56 Å². The standard InChI is InChI=1S/C25H25N7O5/c1-14(33)28-20-6-3-15(11-27-20)18-4-5-19-22(29-18)23-17(12-26-19)24(35)30-25(36)32(23)16-7-9-31(10-8-16)21(34)13-37-2/h3-6,11-12,16H,7-10,13H2,1-2H3,(H,27,28,33)(H,30,35,36). The molecule has 12 heteroatoms. The number of ether oxygens (including phenoxy) is 1. The van der Waals surface area contributed by atoms with Gasteiger partial charge in [0.1, 0.15) is 17.9 Å². The highest BCUT2D eigenvalue weighted by Gasteiger charge is 2.27. The Morgan fingerprint density at radius 3 is 2.57 bits per heavy atom. The number of aromatic amines is 1. The fourth-order valence-electron chi connectivity index (χ4n) is 4.69. The molecule has 5 rings (SSSR count). The zero-order valence-electron chi connectivity index (χ0n) is 20.4. The van der Waals surface area contributed by atoms with Crippen LogP contribution in [0, 0.1) is 0 Å². The predicted molar refractivity (Wildman–Crippen MR) is 136 cm³/mol. The van der Waals surface area contributed by atoms with Gasteiger partial charge in [0.2, 0.25) is 11.8 Å². The van der Waals surface area contributed by atoms with Crippen LogP contribution < -0.4 is 16.6 Å². The maximum Gasteiger partial charge on any atom is 0.329 e. The SMILES string of the molecule is COCC(=O)N1CCC(n2c(=O)[nH]c(=O)c3cnc4ccc(-c5ccc(NC(C)=O)nc5)nc4c32)CC1. The van der Waals surface area contributed by atoms with E-state index in [1.807, 2.05) is 0 Å². The molecule has 0 unspecified atom stereocenters. The van der Waals surface area contributed by atoms with E-state index in [0.29, 0.717) is 59.6 Å². The average molecular weight is 504 g/mol. The number of amides is 2. The Bertz CT molecular complexity index is 1620. The lowest BCUT2D eigenvalue weighted by molar-refractivity contribution is -0.136. The van der Waals surface area contributed by atoms with E-state index in [9.17, 15) is 19.2 Å². The van der Waals surface area contributed by atoms with Crippen molar-refractivity contribution in [1.82, 2.24) is 29.4 Å². The molecule has 1 aliphatic heterocycles. The van der Waals surface area contributed by atoms with Gasteiger partial charge >= 0.3 is 5.69 Å². The van der Waals surface area contributed by atoms with E-state index in [4.69, 9.17) is 9.72 Å². The number of aromatic nitrogens is 5. The third-order valence-corrected chi connectivity index (χ3v) is 6.42. The number of nitrogens with zero attached hydrogens (tertiary/aromatic N) is 5. The van der Waals surface area contributed by atoms with Gasteiger partial charge in [-0.05, 0) is 37.1 Å². The fraction of sp³-hybridized carbons (Fsp3) is 0.320. The van der Waals surface area contributed by atoms with Crippen molar-refractivity contribution in [2.24, 2.45) is 0 Å². The fourth-order valence-corrected chi connectivity index (χ4v) is 4.69. The summed E-state index contributed by atoms with van der Waals surface area (Å²) in [6.07, 6.45) is 4.11. The third kappa shape index (κ3) is 4.70. The first-order valence-electron chi connectivity index (χ1n) is 11.8. The molecule has 1 saturated heterocycles. The lowest BCUT2D eigenvalue weighted by Crippen LogP contribution is -2.43. The van der Waals surface area contributed by atoms with Crippen molar-refractivity contribution >= 4 is 39.6 Å². The smallest absolute Gasteiger partial charge is 0.329 e. The van der Waals surface area contributed by atoms with Crippen molar-refractivity contribution in [3.05, 3.63) is 57.5 Å². The first-order chi connectivity index (χ1) is 17.9. The summed E-state index contributed by atoms with van der Waals surface area (Å²) >= 11 is 0. The topological polar surface area (TPSA) is 152 Å². The summed E-state index contributed by atoms with van der Waals surface area (Å²) < 4.78 is 6.53. The van der Waals surface area contributed by atoms with Crippen LogP contribution in [0.25, 0.3) is 33.2 Å². The van der Waals surface area contributed by atoms with Crippen molar-refractivity contribution < 1.29 is 14.3 Å². The quantitative estimate of drug-likeness (QED) is 0.388. The lowest BCUT2D eigenvalue weighted by Gasteiger charge is -2.33. The zero-order chi connectivity index (χ0) is 26.1. The minimum absolute atomic E-state index is 0.00978. The molecule has 2 amide bonds. The van der Waals surface area contributed by atoms with E-state index in [0.717, 1.165) is 0 Å². The van der Waals surface area contributed by atoms with Crippen molar-refractivity contribution in [2.45, 2.75) is 25.8 Å². The van der Waals surface area contributed by atoms with Crippen LogP contribution in [0.1, 0.15) is 25.8 Å². The Balaban J connectivity index is 1.60. The number of fused-ring (bicyclic) bond motifs is 3. The first kappa shape index (κ1) is 24.3. The van der Waals surface area contributed by atoms with Gasteiger partial charge in [-0.1, -0.05) is 0 Å². The molecular formula is C25H25N7O5. The van der Waals surface area contributed by atoms with Gasteiger partial charge < -0.3 is 15.0 Å². The van der Waals surface area contributed by atoms with Gasteiger partial charge in [-0.15, -0.1) is 0 Å². The Hall–Kier alpha value is -4.45. The highest BCUT2D eigenvalue weighted by Crippen LogP contribution is 2.29. The Morgan fingerprint density at radius 2 is 1.89 bits per heavy atom. The maximum atomic E-state index is 13.1. The second-order valence-electron chi connectivity index (χ2n) is 8.87. The number of likely N-dealkylation sites (tertiary alicyclic amines) is 1. The van der Waals surface area contributed by atoms with E-state index in [1.165, 1.54) is 20.2 Å². The normalized spacial score (nSPS) is 14.3. The van der Waals surface area contributed by atoms with E-state index < -0.39 is 11.2 Å². The number of carbonyl (C=O) groups is 2. The van der Waals surface area contributed by atoms with Crippen molar-refractivity contribution in [3.63, 3.8) is 0 Å². The van der Waals surface area contributed by atoms with Gasteiger partial charge in [0, 0.05) is 51.1 Å². The molecular weight excluding hydrogens is 478 g/mol. The number of nitrogens with one attached hydrogen (secondary N) is 2. The van der Waals surface area contributed by atoms with E-state index >= 15 is 0 Å². The van der Waals surface area contributed by atoms with E-state index in [-0.39, 0.29) is 29.8 Å². The summed E-state index contributed by atoms with van der Waals surface area (Å²) in [5.74, 6) is 0.0947. The van der Waals surface area contributed by atoms with Gasteiger partial charge in [-0.3, -0.25) is 28.9 Å². The molecule has 2 N–H and O–H groups in total. The zero-order valence-corrected chi connectivity index (χ0v) is 20.4. The monoisotopic (exact) mass is 503 g/mol. The predicted octanol–water partition coefficient (Wildman–Crippen LogP) is 1.46. The molecule has 0 aliphatic carbocycles. The summed E-state index contributed by atoms with van der Waals surface area (Å²) in [6, 6.07) is 6.76. The highest BCUT2D eigenvalue weighted by atomic mass is 16.5. The molecule has 5 heterocycles. The average Bonchev–Trinajstić information content (AvgIpc) is 2.89.